The second-order valence-corrected chi connectivity index (χ2v) is 6.20. The number of halogens is 2. The first kappa shape index (κ1) is 14.3. The number of fused-ring (bicyclic) bond motifs is 1. The fraction of sp³-hybridized carbons (Fsp3) is 0. The van der Waals surface area contributed by atoms with Crippen LogP contribution >= 0.6 is 0 Å². The summed E-state index contributed by atoms with van der Waals surface area (Å²) in [7, 11) is -4.13. The molecule has 1 aromatic heterocycles. The van der Waals surface area contributed by atoms with Gasteiger partial charge in [0.25, 0.3) is 10.0 Å². The normalized spacial score (nSPS) is 11.7. The van der Waals surface area contributed by atoms with Crippen LogP contribution in [0.3, 0.4) is 0 Å². The molecule has 0 aliphatic heterocycles. The van der Waals surface area contributed by atoms with Crippen LogP contribution in [-0.4, -0.2) is 18.4 Å². The van der Waals surface area contributed by atoms with Crippen molar-refractivity contribution in [3.05, 3.63) is 58.5 Å². The largest absolute Gasteiger partial charge is 0.323 e. The highest BCUT2D eigenvalue weighted by Crippen LogP contribution is 2.21. The van der Waals surface area contributed by atoms with Crippen molar-refractivity contribution in [2.75, 3.05) is 4.72 Å². The van der Waals surface area contributed by atoms with Gasteiger partial charge in [-0.1, -0.05) is 0 Å². The first-order chi connectivity index (χ1) is 10.3. The Balaban J connectivity index is 2.03. The molecule has 0 radical (unpaired) electrons. The van der Waals surface area contributed by atoms with Gasteiger partial charge in [0.2, 0.25) is 0 Å². The molecule has 0 amide bonds. The molecule has 3 aromatic rings. The number of aromatic amines is 2. The van der Waals surface area contributed by atoms with E-state index in [-0.39, 0.29) is 10.4 Å². The average Bonchev–Trinajstić information content (AvgIpc) is 2.81. The molecule has 0 spiro atoms. The summed E-state index contributed by atoms with van der Waals surface area (Å²) in [6.07, 6.45) is 0. The lowest BCUT2D eigenvalue weighted by atomic mass is 10.3. The number of imidazole rings is 1. The highest BCUT2D eigenvalue weighted by molar-refractivity contribution is 7.92. The van der Waals surface area contributed by atoms with E-state index in [1.54, 1.807) is 0 Å². The first-order valence-electron chi connectivity index (χ1n) is 6.05. The molecule has 0 saturated heterocycles. The lowest BCUT2D eigenvalue weighted by Crippen LogP contribution is -2.14. The Morgan fingerprint density at radius 3 is 2.45 bits per heavy atom. The summed E-state index contributed by atoms with van der Waals surface area (Å²) in [6, 6.07) is 6.29. The summed E-state index contributed by atoms with van der Waals surface area (Å²) in [5, 5.41) is 0. The van der Waals surface area contributed by atoms with Gasteiger partial charge in [0.15, 0.2) is 0 Å². The fourth-order valence-electron chi connectivity index (χ4n) is 1.96. The molecule has 0 unspecified atom stereocenters. The SMILES string of the molecule is O=c1[nH]c2ccc(S(=O)(=O)Nc3cc(F)ccc3F)cc2[nH]1. The molecule has 3 N–H and O–H groups in total. The minimum absolute atomic E-state index is 0.195. The summed E-state index contributed by atoms with van der Waals surface area (Å²) in [4.78, 5) is 15.8. The van der Waals surface area contributed by atoms with E-state index in [2.05, 4.69) is 9.97 Å². The van der Waals surface area contributed by atoms with Crippen LogP contribution < -0.4 is 10.4 Å². The van der Waals surface area contributed by atoms with E-state index < -0.39 is 33.0 Å². The molecule has 1 heterocycles. The Morgan fingerprint density at radius 2 is 1.68 bits per heavy atom. The first-order valence-corrected chi connectivity index (χ1v) is 7.53. The average molecular weight is 325 g/mol. The van der Waals surface area contributed by atoms with Crippen LogP contribution in [0.2, 0.25) is 0 Å². The van der Waals surface area contributed by atoms with E-state index in [1.165, 1.54) is 18.2 Å². The zero-order valence-corrected chi connectivity index (χ0v) is 11.7. The third kappa shape index (κ3) is 2.58. The highest BCUT2D eigenvalue weighted by atomic mass is 32.2. The minimum Gasteiger partial charge on any atom is -0.306 e. The standard InChI is InChI=1S/C13H9F2N3O3S/c14-7-1-3-9(15)11(5-7)18-22(20,21)8-2-4-10-12(6-8)17-13(19)16-10/h1-6,18H,(H2,16,17,19). The predicted octanol–water partition coefficient (Wildman–Crippen LogP) is 1.94. The van der Waals surface area contributed by atoms with Crippen molar-refractivity contribution in [1.29, 1.82) is 0 Å². The molecule has 22 heavy (non-hydrogen) atoms. The number of hydrogen-bond acceptors (Lipinski definition) is 3. The van der Waals surface area contributed by atoms with Gasteiger partial charge in [0, 0.05) is 6.07 Å². The molecule has 3 rings (SSSR count). The van der Waals surface area contributed by atoms with Crippen LogP contribution in [0.15, 0.2) is 46.1 Å². The van der Waals surface area contributed by atoms with Crippen molar-refractivity contribution in [1.82, 2.24) is 9.97 Å². The summed E-state index contributed by atoms with van der Waals surface area (Å²) >= 11 is 0. The van der Waals surface area contributed by atoms with Crippen molar-refractivity contribution < 1.29 is 17.2 Å². The number of anilines is 1. The predicted molar refractivity (Wildman–Crippen MR) is 76.1 cm³/mol. The number of nitrogens with one attached hydrogen (secondary N) is 3. The smallest absolute Gasteiger partial charge is 0.306 e. The number of benzene rings is 2. The maximum atomic E-state index is 13.5. The lowest BCUT2D eigenvalue weighted by molar-refractivity contribution is 0.594. The fourth-order valence-corrected chi connectivity index (χ4v) is 3.04. The van der Waals surface area contributed by atoms with Gasteiger partial charge in [-0.3, -0.25) is 4.72 Å². The number of hydrogen-bond donors (Lipinski definition) is 3. The van der Waals surface area contributed by atoms with Crippen molar-refractivity contribution >= 4 is 26.7 Å². The Kier molecular flexibility index (Phi) is 3.21. The van der Waals surface area contributed by atoms with E-state index >= 15 is 0 Å². The summed E-state index contributed by atoms with van der Waals surface area (Å²) in [5.74, 6) is -1.68. The Hall–Kier alpha value is -2.68. The molecule has 0 saturated carbocycles. The molecule has 0 aliphatic rings. The zero-order valence-electron chi connectivity index (χ0n) is 10.9. The van der Waals surface area contributed by atoms with E-state index in [0.717, 1.165) is 18.2 Å². The molecule has 0 bridgehead atoms. The van der Waals surface area contributed by atoms with Gasteiger partial charge >= 0.3 is 5.69 Å². The molecule has 6 nitrogen and oxygen atoms in total. The molecular weight excluding hydrogens is 316 g/mol. The van der Waals surface area contributed by atoms with E-state index in [4.69, 9.17) is 0 Å². The van der Waals surface area contributed by atoms with Crippen molar-refractivity contribution in [3.8, 4) is 0 Å². The van der Waals surface area contributed by atoms with Crippen LogP contribution in [-0.2, 0) is 10.0 Å². The molecule has 114 valence electrons. The van der Waals surface area contributed by atoms with Crippen LogP contribution in [0, 0.1) is 11.6 Å². The number of aromatic nitrogens is 2. The molecule has 0 fully saturated rings. The Morgan fingerprint density at radius 1 is 0.955 bits per heavy atom. The number of H-pyrrole nitrogens is 2. The summed E-state index contributed by atoms with van der Waals surface area (Å²) in [5.41, 5.74) is -0.259. The molecule has 0 atom stereocenters. The maximum absolute atomic E-state index is 13.5. The van der Waals surface area contributed by atoms with Crippen LogP contribution in [0.5, 0.6) is 0 Å². The van der Waals surface area contributed by atoms with E-state index in [0.29, 0.717) is 5.52 Å². The van der Waals surface area contributed by atoms with Crippen molar-refractivity contribution in [2.24, 2.45) is 0 Å². The number of sulfonamides is 1. The molecule has 0 aliphatic carbocycles. The lowest BCUT2D eigenvalue weighted by Gasteiger charge is -2.09. The van der Waals surface area contributed by atoms with Crippen molar-refractivity contribution in [2.45, 2.75) is 4.90 Å². The van der Waals surface area contributed by atoms with Gasteiger partial charge < -0.3 is 9.97 Å². The Labute approximate surface area is 122 Å². The molecule has 2 aromatic carbocycles. The quantitative estimate of drug-likeness (QED) is 0.687. The molecule has 9 heteroatoms. The van der Waals surface area contributed by atoms with Crippen LogP contribution in [0.25, 0.3) is 11.0 Å². The van der Waals surface area contributed by atoms with Gasteiger partial charge in [0.1, 0.15) is 11.6 Å². The summed E-state index contributed by atoms with van der Waals surface area (Å²) < 4.78 is 53.0. The Bertz CT molecular complexity index is 1020. The van der Waals surface area contributed by atoms with Crippen molar-refractivity contribution in [3.63, 3.8) is 0 Å². The number of rotatable bonds is 3. The van der Waals surface area contributed by atoms with Crippen LogP contribution in [0.4, 0.5) is 14.5 Å². The van der Waals surface area contributed by atoms with Gasteiger partial charge in [-0.2, -0.15) is 0 Å². The van der Waals surface area contributed by atoms with E-state index in [1.807, 2.05) is 4.72 Å². The minimum atomic E-state index is -4.13. The third-order valence-corrected chi connectivity index (χ3v) is 4.33. The van der Waals surface area contributed by atoms with E-state index in [9.17, 15) is 22.0 Å². The molecular formula is C13H9F2N3O3S. The third-order valence-electron chi connectivity index (χ3n) is 2.97. The van der Waals surface area contributed by atoms with Gasteiger partial charge in [-0.05, 0) is 30.3 Å². The van der Waals surface area contributed by atoms with Gasteiger partial charge in [0.05, 0.1) is 21.6 Å². The zero-order chi connectivity index (χ0) is 15.9. The van der Waals surface area contributed by atoms with Gasteiger partial charge in [-0.15, -0.1) is 0 Å². The second kappa shape index (κ2) is 4.95. The second-order valence-electron chi connectivity index (χ2n) is 4.52. The summed E-state index contributed by atoms with van der Waals surface area (Å²) in [6.45, 7) is 0. The highest BCUT2D eigenvalue weighted by Gasteiger charge is 2.17. The van der Waals surface area contributed by atoms with Crippen LogP contribution in [0.1, 0.15) is 0 Å². The topological polar surface area (TPSA) is 94.8 Å². The monoisotopic (exact) mass is 325 g/mol. The van der Waals surface area contributed by atoms with Gasteiger partial charge in [-0.25, -0.2) is 22.0 Å². The maximum Gasteiger partial charge on any atom is 0.323 e.